The lowest BCUT2D eigenvalue weighted by atomic mass is 10.1. The van der Waals surface area contributed by atoms with Crippen LogP contribution in [-0.4, -0.2) is 11.9 Å². The number of nitrogens with one attached hydrogen (secondary N) is 1. The molecule has 0 unspecified atom stereocenters. The number of hydrogen-bond donors (Lipinski definition) is 2. The third-order valence-electron chi connectivity index (χ3n) is 2.12. The highest BCUT2D eigenvalue weighted by Gasteiger charge is 2.41. The second-order valence-corrected chi connectivity index (χ2v) is 3.08. The van der Waals surface area contributed by atoms with Gasteiger partial charge in [-0.05, 0) is 17.7 Å². The highest BCUT2D eigenvalue weighted by atomic mass is 19.1. The van der Waals surface area contributed by atoms with Gasteiger partial charge in [-0.2, -0.15) is 0 Å². The van der Waals surface area contributed by atoms with Crippen LogP contribution in [0.1, 0.15) is 11.6 Å². The Kier molecular flexibility index (Phi) is 1.77. The lowest BCUT2D eigenvalue weighted by Gasteiger charge is -1.95. The fourth-order valence-corrected chi connectivity index (χ4v) is 1.34. The monoisotopic (exact) mass is 180 g/mol. The van der Waals surface area contributed by atoms with Crippen molar-refractivity contribution in [2.24, 2.45) is 5.73 Å². The highest BCUT2D eigenvalue weighted by molar-refractivity contribution is 5.84. The van der Waals surface area contributed by atoms with E-state index in [4.69, 9.17) is 5.73 Å². The van der Waals surface area contributed by atoms with Gasteiger partial charge in [0.05, 0.1) is 6.04 Å². The summed E-state index contributed by atoms with van der Waals surface area (Å²) < 4.78 is 12.5. The van der Waals surface area contributed by atoms with E-state index in [0.717, 1.165) is 5.56 Å². The molecule has 0 aliphatic carbocycles. The van der Waals surface area contributed by atoms with Crippen molar-refractivity contribution in [1.82, 2.24) is 5.32 Å². The zero-order valence-corrected chi connectivity index (χ0v) is 6.83. The number of amides is 1. The van der Waals surface area contributed by atoms with Crippen LogP contribution in [0.4, 0.5) is 4.39 Å². The van der Waals surface area contributed by atoms with E-state index in [1.165, 1.54) is 12.1 Å². The number of hydrogen-bond acceptors (Lipinski definition) is 2. The molecule has 4 heteroatoms. The maximum atomic E-state index is 12.5. The molecule has 1 amide bonds. The summed E-state index contributed by atoms with van der Waals surface area (Å²) in [5.41, 5.74) is 5.97. The van der Waals surface area contributed by atoms with Crippen LogP contribution in [0.2, 0.25) is 0 Å². The van der Waals surface area contributed by atoms with E-state index in [2.05, 4.69) is 5.32 Å². The van der Waals surface area contributed by atoms with Gasteiger partial charge in [0, 0.05) is 0 Å². The van der Waals surface area contributed by atoms with Crippen LogP contribution in [0.3, 0.4) is 0 Å². The Morgan fingerprint density at radius 3 is 2.46 bits per heavy atom. The zero-order valence-electron chi connectivity index (χ0n) is 6.83. The second kappa shape index (κ2) is 2.81. The summed E-state index contributed by atoms with van der Waals surface area (Å²) in [5, 5.41) is 2.91. The topological polar surface area (TPSA) is 65.0 Å². The first kappa shape index (κ1) is 8.19. The molecule has 1 heterocycles. The van der Waals surface area contributed by atoms with Crippen molar-refractivity contribution >= 4 is 5.91 Å². The van der Waals surface area contributed by atoms with Crippen LogP contribution < -0.4 is 11.1 Å². The molecule has 1 aliphatic heterocycles. The van der Waals surface area contributed by atoms with Gasteiger partial charge in [-0.1, -0.05) is 12.1 Å². The number of rotatable bonds is 2. The Hall–Kier alpha value is -1.42. The number of halogens is 1. The Labute approximate surface area is 74.7 Å². The standard InChI is InChI=1S/C9H9FN2O/c10-6-3-1-5(2-4-6)7-8(12-7)9(11)13/h1-4,7-8,12H,(H2,11,13)/t7-,8-/m1/s1. The fourth-order valence-electron chi connectivity index (χ4n) is 1.34. The second-order valence-electron chi connectivity index (χ2n) is 3.08. The van der Waals surface area contributed by atoms with Gasteiger partial charge in [0.15, 0.2) is 0 Å². The molecule has 1 aromatic rings. The van der Waals surface area contributed by atoms with Crippen LogP contribution in [0.15, 0.2) is 24.3 Å². The third-order valence-corrected chi connectivity index (χ3v) is 2.12. The molecule has 3 nitrogen and oxygen atoms in total. The number of benzene rings is 1. The molecule has 0 bridgehead atoms. The molecule has 68 valence electrons. The molecular weight excluding hydrogens is 171 g/mol. The molecule has 2 rings (SSSR count). The van der Waals surface area contributed by atoms with E-state index in [9.17, 15) is 9.18 Å². The minimum atomic E-state index is -0.366. The van der Waals surface area contributed by atoms with Crippen LogP contribution in [0.5, 0.6) is 0 Å². The van der Waals surface area contributed by atoms with Gasteiger partial charge >= 0.3 is 0 Å². The largest absolute Gasteiger partial charge is 0.368 e. The van der Waals surface area contributed by atoms with Crippen molar-refractivity contribution in [2.45, 2.75) is 12.1 Å². The van der Waals surface area contributed by atoms with E-state index in [1.807, 2.05) is 0 Å². The zero-order chi connectivity index (χ0) is 9.42. The number of primary amides is 1. The molecule has 1 saturated heterocycles. The molecule has 1 aromatic carbocycles. The first-order valence-electron chi connectivity index (χ1n) is 3.99. The molecule has 1 aliphatic rings. The van der Waals surface area contributed by atoms with Crippen molar-refractivity contribution in [3.05, 3.63) is 35.6 Å². The average molecular weight is 180 g/mol. The summed E-state index contributed by atoms with van der Waals surface area (Å²) in [6.45, 7) is 0. The average Bonchev–Trinajstić information content (AvgIpc) is 2.85. The predicted octanol–water partition coefficient (Wildman–Crippen LogP) is 0.324. The maximum Gasteiger partial charge on any atom is 0.236 e. The lowest BCUT2D eigenvalue weighted by molar-refractivity contribution is -0.117. The van der Waals surface area contributed by atoms with Gasteiger partial charge in [-0.3, -0.25) is 10.1 Å². The Bertz CT molecular complexity index is 336. The minimum absolute atomic E-state index is 0.0295. The first-order chi connectivity index (χ1) is 6.18. The summed E-state index contributed by atoms with van der Waals surface area (Å²) in [4.78, 5) is 10.7. The van der Waals surface area contributed by atoms with Gasteiger partial charge in [0.25, 0.3) is 0 Å². The molecule has 0 spiro atoms. The van der Waals surface area contributed by atoms with E-state index in [0.29, 0.717) is 0 Å². The number of nitrogens with two attached hydrogens (primary N) is 1. The lowest BCUT2D eigenvalue weighted by Crippen LogP contribution is -2.20. The molecular formula is C9H9FN2O. The van der Waals surface area contributed by atoms with E-state index in [-0.39, 0.29) is 23.8 Å². The van der Waals surface area contributed by atoms with Crippen LogP contribution in [-0.2, 0) is 4.79 Å². The summed E-state index contributed by atoms with van der Waals surface area (Å²) in [7, 11) is 0. The van der Waals surface area contributed by atoms with Gasteiger partial charge < -0.3 is 5.73 Å². The van der Waals surface area contributed by atoms with Gasteiger partial charge in [-0.15, -0.1) is 0 Å². The van der Waals surface area contributed by atoms with Gasteiger partial charge in [0.1, 0.15) is 11.9 Å². The number of carbonyl (C=O) groups excluding carboxylic acids is 1. The Morgan fingerprint density at radius 1 is 1.38 bits per heavy atom. The quantitative estimate of drug-likeness (QED) is 0.644. The highest BCUT2D eigenvalue weighted by Crippen LogP contribution is 2.29. The van der Waals surface area contributed by atoms with E-state index in [1.54, 1.807) is 12.1 Å². The minimum Gasteiger partial charge on any atom is -0.368 e. The molecule has 1 fully saturated rings. The van der Waals surface area contributed by atoms with Crippen LogP contribution in [0.25, 0.3) is 0 Å². The van der Waals surface area contributed by atoms with Crippen molar-refractivity contribution in [3.63, 3.8) is 0 Å². The summed E-state index contributed by atoms with van der Waals surface area (Å²) in [6, 6.07) is 5.72. The van der Waals surface area contributed by atoms with Gasteiger partial charge in [0.2, 0.25) is 5.91 Å². The maximum absolute atomic E-state index is 12.5. The Balaban J connectivity index is 2.12. The molecule has 2 atom stereocenters. The smallest absolute Gasteiger partial charge is 0.236 e. The SMILES string of the molecule is NC(=O)[C@@H]1N[C@@H]1c1ccc(F)cc1. The first-order valence-corrected chi connectivity index (χ1v) is 3.99. The van der Waals surface area contributed by atoms with Gasteiger partial charge in [-0.25, -0.2) is 4.39 Å². The Morgan fingerprint density at radius 2 is 2.00 bits per heavy atom. The van der Waals surface area contributed by atoms with Crippen molar-refractivity contribution in [2.75, 3.05) is 0 Å². The van der Waals surface area contributed by atoms with Crippen molar-refractivity contribution in [3.8, 4) is 0 Å². The molecule has 13 heavy (non-hydrogen) atoms. The molecule has 3 N–H and O–H groups in total. The predicted molar refractivity (Wildman–Crippen MR) is 45.3 cm³/mol. The van der Waals surface area contributed by atoms with Crippen LogP contribution in [0, 0.1) is 5.82 Å². The number of carbonyl (C=O) groups is 1. The molecule has 0 saturated carbocycles. The summed E-state index contributed by atoms with van der Waals surface area (Å²) >= 11 is 0. The summed E-state index contributed by atoms with van der Waals surface area (Å²) in [6.07, 6.45) is 0. The molecule has 0 aromatic heterocycles. The fraction of sp³-hybridized carbons (Fsp3) is 0.222. The normalized spacial score (nSPS) is 25.6. The van der Waals surface area contributed by atoms with Crippen LogP contribution >= 0.6 is 0 Å². The third kappa shape index (κ3) is 1.53. The van der Waals surface area contributed by atoms with E-state index < -0.39 is 0 Å². The summed E-state index contributed by atoms with van der Waals surface area (Å²) in [5.74, 6) is -0.644. The van der Waals surface area contributed by atoms with E-state index >= 15 is 0 Å². The molecule has 0 radical (unpaired) electrons. The van der Waals surface area contributed by atoms with Crippen molar-refractivity contribution in [1.29, 1.82) is 0 Å². The van der Waals surface area contributed by atoms with Crippen molar-refractivity contribution < 1.29 is 9.18 Å².